The van der Waals surface area contributed by atoms with Gasteiger partial charge in [0.2, 0.25) is 5.91 Å². The van der Waals surface area contributed by atoms with E-state index in [0.29, 0.717) is 11.6 Å². The van der Waals surface area contributed by atoms with Gasteiger partial charge in [-0.2, -0.15) is 5.10 Å². The minimum absolute atomic E-state index is 0.0104. The SMILES string of the molecule is CC(C(=O)NCCN1CCCCCC1)n1nc(-c2ccccc2)c2cc(Cl)ccc21. The molecule has 1 atom stereocenters. The van der Waals surface area contributed by atoms with Crippen molar-refractivity contribution in [1.82, 2.24) is 20.0 Å². The van der Waals surface area contributed by atoms with Crippen LogP contribution in [-0.2, 0) is 4.79 Å². The number of likely N-dealkylation sites (tertiary alicyclic amines) is 1. The van der Waals surface area contributed by atoms with Gasteiger partial charge in [-0.15, -0.1) is 0 Å². The lowest BCUT2D eigenvalue weighted by Crippen LogP contribution is -2.38. The van der Waals surface area contributed by atoms with E-state index >= 15 is 0 Å². The maximum Gasteiger partial charge on any atom is 0.244 e. The second kappa shape index (κ2) is 9.63. The maximum atomic E-state index is 12.9. The first-order chi connectivity index (χ1) is 14.6. The Kier molecular flexibility index (Phi) is 6.70. The number of hydrogen-bond donors (Lipinski definition) is 1. The van der Waals surface area contributed by atoms with Crippen molar-refractivity contribution in [3.05, 3.63) is 53.6 Å². The van der Waals surface area contributed by atoms with E-state index in [4.69, 9.17) is 16.7 Å². The number of amides is 1. The molecule has 158 valence electrons. The summed E-state index contributed by atoms with van der Waals surface area (Å²) >= 11 is 6.26. The topological polar surface area (TPSA) is 50.2 Å². The molecule has 1 aliphatic rings. The molecule has 1 aliphatic heterocycles. The molecule has 1 saturated heterocycles. The van der Waals surface area contributed by atoms with E-state index in [-0.39, 0.29) is 5.91 Å². The Bertz CT molecular complexity index is 993. The number of fused-ring (bicyclic) bond motifs is 1. The molecule has 4 rings (SSSR count). The van der Waals surface area contributed by atoms with Gasteiger partial charge in [-0.1, -0.05) is 54.8 Å². The summed E-state index contributed by atoms with van der Waals surface area (Å²) < 4.78 is 1.81. The largest absolute Gasteiger partial charge is 0.353 e. The minimum atomic E-state index is -0.407. The van der Waals surface area contributed by atoms with E-state index in [1.165, 1.54) is 25.7 Å². The van der Waals surface area contributed by atoms with Gasteiger partial charge in [0.1, 0.15) is 11.7 Å². The third kappa shape index (κ3) is 4.68. The molecule has 1 aromatic heterocycles. The fourth-order valence-electron chi connectivity index (χ4n) is 4.17. The number of benzene rings is 2. The Hall–Kier alpha value is -2.37. The predicted octanol–water partition coefficient (Wildman–Crippen LogP) is 4.91. The predicted molar refractivity (Wildman–Crippen MR) is 123 cm³/mol. The summed E-state index contributed by atoms with van der Waals surface area (Å²) in [7, 11) is 0. The number of nitrogens with one attached hydrogen (secondary N) is 1. The summed E-state index contributed by atoms with van der Waals surface area (Å²) in [5, 5.41) is 9.54. The summed E-state index contributed by atoms with van der Waals surface area (Å²) in [6, 6.07) is 15.3. The Balaban J connectivity index is 1.51. The first-order valence-electron chi connectivity index (χ1n) is 10.9. The number of aromatic nitrogens is 2. The van der Waals surface area contributed by atoms with E-state index in [1.54, 1.807) is 0 Å². The molecule has 1 amide bonds. The number of carbonyl (C=O) groups excluding carboxylic acids is 1. The van der Waals surface area contributed by atoms with Crippen molar-refractivity contribution >= 4 is 28.4 Å². The monoisotopic (exact) mass is 424 g/mol. The zero-order valence-electron chi connectivity index (χ0n) is 17.5. The standard InChI is InChI=1S/C24H29ClN4O/c1-18(24(30)26-13-16-28-14-7-2-3-8-15-28)29-22-12-11-20(25)17-21(22)23(27-29)19-9-5-4-6-10-19/h4-6,9-12,17-18H,2-3,7-8,13-16H2,1H3,(H,26,30). The number of nitrogens with zero attached hydrogens (tertiary/aromatic N) is 3. The van der Waals surface area contributed by atoms with Crippen LogP contribution >= 0.6 is 11.6 Å². The number of rotatable bonds is 6. The Labute approximate surface area is 183 Å². The van der Waals surface area contributed by atoms with Gasteiger partial charge >= 0.3 is 0 Å². The van der Waals surface area contributed by atoms with E-state index in [0.717, 1.165) is 41.8 Å². The van der Waals surface area contributed by atoms with Crippen LogP contribution in [0.25, 0.3) is 22.2 Å². The van der Waals surface area contributed by atoms with Gasteiger partial charge in [-0.3, -0.25) is 9.48 Å². The smallest absolute Gasteiger partial charge is 0.244 e. The van der Waals surface area contributed by atoms with Gasteiger partial charge in [0.25, 0.3) is 0 Å². The third-order valence-electron chi connectivity index (χ3n) is 5.89. The van der Waals surface area contributed by atoms with Crippen molar-refractivity contribution < 1.29 is 4.79 Å². The van der Waals surface area contributed by atoms with Crippen molar-refractivity contribution in [3.63, 3.8) is 0 Å². The van der Waals surface area contributed by atoms with Gasteiger partial charge < -0.3 is 10.2 Å². The summed E-state index contributed by atoms with van der Waals surface area (Å²) in [6.07, 6.45) is 5.16. The second-order valence-corrected chi connectivity index (χ2v) is 8.48. The fourth-order valence-corrected chi connectivity index (χ4v) is 4.35. The van der Waals surface area contributed by atoms with Gasteiger partial charge in [0.05, 0.1) is 5.52 Å². The highest BCUT2D eigenvalue weighted by atomic mass is 35.5. The lowest BCUT2D eigenvalue weighted by Gasteiger charge is -2.20. The molecule has 6 heteroatoms. The lowest BCUT2D eigenvalue weighted by molar-refractivity contribution is -0.124. The summed E-state index contributed by atoms with van der Waals surface area (Å²) in [5.74, 6) is -0.0104. The molecular weight excluding hydrogens is 396 g/mol. The second-order valence-electron chi connectivity index (χ2n) is 8.04. The highest BCUT2D eigenvalue weighted by Gasteiger charge is 2.21. The van der Waals surface area contributed by atoms with Crippen LogP contribution in [0.15, 0.2) is 48.5 Å². The van der Waals surface area contributed by atoms with Crippen LogP contribution in [0, 0.1) is 0 Å². The van der Waals surface area contributed by atoms with E-state index in [9.17, 15) is 4.79 Å². The summed E-state index contributed by atoms with van der Waals surface area (Å²) in [6.45, 7) is 5.74. The first kappa shape index (κ1) is 20.9. The number of carbonyl (C=O) groups is 1. The molecule has 5 nitrogen and oxygen atoms in total. The fraction of sp³-hybridized carbons (Fsp3) is 0.417. The molecule has 1 unspecified atom stereocenters. The van der Waals surface area contributed by atoms with Crippen LogP contribution in [0.5, 0.6) is 0 Å². The van der Waals surface area contributed by atoms with Crippen LogP contribution in [0.3, 0.4) is 0 Å². The first-order valence-corrected chi connectivity index (χ1v) is 11.2. The molecule has 30 heavy (non-hydrogen) atoms. The zero-order valence-corrected chi connectivity index (χ0v) is 18.2. The summed E-state index contributed by atoms with van der Waals surface area (Å²) in [4.78, 5) is 15.3. The quantitative estimate of drug-likeness (QED) is 0.611. The molecule has 2 heterocycles. The van der Waals surface area contributed by atoms with E-state index < -0.39 is 6.04 Å². The van der Waals surface area contributed by atoms with Crippen LogP contribution in [-0.4, -0.2) is 46.8 Å². The highest BCUT2D eigenvalue weighted by molar-refractivity contribution is 6.31. The molecular formula is C24H29ClN4O. The average molecular weight is 425 g/mol. The van der Waals surface area contributed by atoms with Gasteiger partial charge in [0, 0.05) is 29.1 Å². The van der Waals surface area contributed by atoms with E-state index in [2.05, 4.69) is 10.2 Å². The Morgan fingerprint density at radius 2 is 1.83 bits per heavy atom. The molecule has 0 radical (unpaired) electrons. The average Bonchev–Trinajstić information content (AvgIpc) is 2.93. The van der Waals surface area contributed by atoms with Crippen LogP contribution in [0.2, 0.25) is 5.02 Å². The van der Waals surface area contributed by atoms with Crippen LogP contribution < -0.4 is 5.32 Å². The van der Waals surface area contributed by atoms with Crippen molar-refractivity contribution in [2.75, 3.05) is 26.2 Å². The number of halogens is 1. The molecule has 3 aromatic rings. The van der Waals surface area contributed by atoms with Gasteiger partial charge in [0.15, 0.2) is 0 Å². The normalized spacial score (nSPS) is 16.3. The third-order valence-corrected chi connectivity index (χ3v) is 6.12. The summed E-state index contributed by atoms with van der Waals surface area (Å²) in [5.41, 5.74) is 2.77. The molecule has 1 fully saturated rings. The molecule has 0 spiro atoms. The molecule has 0 bridgehead atoms. The van der Waals surface area contributed by atoms with E-state index in [1.807, 2.05) is 60.1 Å². The minimum Gasteiger partial charge on any atom is -0.353 e. The van der Waals surface area contributed by atoms with Crippen molar-refractivity contribution in [1.29, 1.82) is 0 Å². The molecule has 0 saturated carbocycles. The molecule has 1 N–H and O–H groups in total. The van der Waals surface area contributed by atoms with Crippen molar-refractivity contribution in [3.8, 4) is 11.3 Å². The van der Waals surface area contributed by atoms with Crippen LogP contribution in [0.1, 0.15) is 38.6 Å². The van der Waals surface area contributed by atoms with Crippen molar-refractivity contribution in [2.24, 2.45) is 0 Å². The Morgan fingerprint density at radius 3 is 2.57 bits per heavy atom. The molecule has 0 aliphatic carbocycles. The lowest BCUT2D eigenvalue weighted by atomic mass is 10.1. The maximum absolute atomic E-state index is 12.9. The number of hydrogen-bond acceptors (Lipinski definition) is 3. The zero-order chi connectivity index (χ0) is 20.9. The Morgan fingerprint density at radius 1 is 1.10 bits per heavy atom. The van der Waals surface area contributed by atoms with Crippen LogP contribution in [0.4, 0.5) is 0 Å². The van der Waals surface area contributed by atoms with Gasteiger partial charge in [-0.05, 0) is 51.1 Å². The van der Waals surface area contributed by atoms with Gasteiger partial charge in [-0.25, -0.2) is 0 Å². The molecule has 2 aromatic carbocycles. The van der Waals surface area contributed by atoms with Crippen molar-refractivity contribution in [2.45, 2.75) is 38.6 Å². The highest BCUT2D eigenvalue weighted by Crippen LogP contribution is 2.31.